The third-order valence-corrected chi connectivity index (χ3v) is 2.56. The van der Waals surface area contributed by atoms with Gasteiger partial charge in [-0.25, -0.2) is 0 Å². The molecule has 3 nitrogen and oxygen atoms in total. The lowest BCUT2D eigenvalue weighted by Crippen LogP contribution is -2.30. The summed E-state index contributed by atoms with van der Waals surface area (Å²) in [5, 5.41) is 8.75. The molecule has 0 aliphatic rings. The summed E-state index contributed by atoms with van der Waals surface area (Å²) < 4.78 is 37.7. The first-order valence-corrected chi connectivity index (χ1v) is 5.93. The lowest BCUT2D eigenvalue weighted by Gasteiger charge is -2.20. The smallest absolute Gasteiger partial charge is 0.416 e. The zero-order valence-electron chi connectivity index (χ0n) is 10.6. The van der Waals surface area contributed by atoms with Crippen LogP contribution >= 0.6 is 0 Å². The Bertz CT molecular complexity index is 432. The van der Waals surface area contributed by atoms with Gasteiger partial charge < -0.3 is 5.11 Å². The number of rotatable bonds is 6. The van der Waals surface area contributed by atoms with E-state index in [0.29, 0.717) is 12.1 Å². The molecule has 19 heavy (non-hydrogen) atoms. The fourth-order valence-corrected chi connectivity index (χ4v) is 1.83. The Morgan fingerprint density at radius 1 is 1.37 bits per heavy atom. The van der Waals surface area contributed by atoms with E-state index >= 15 is 0 Å². The van der Waals surface area contributed by atoms with E-state index in [1.54, 1.807) is 11.0 Å². The first kappa shape index (κ1) is 15.5. The van der Waals surface area contributed by atoms with E-state index in [9.17, 15) is 18.0 Å². The van der Waals surface area contributed by atoms with E-state index in [-0.39, 0.29) is 13.1 Å². The number of hydrogen-bond donors (Lipinski definition) is 1. The number of halogens is 3. The highest BCUT2D eigenvalue weighted by Gasteiger charge is 2.30. The van der Waals surface area contributed by atoms with E-state index in [4.69, 9.17) is 5.11 Å². The van der Waals surface area contributed by atoms with Crippen LogP contribution < -0.4 is 0 Å². The number of hydrogen-bond acceptors (Lipinski definition) is 2. The number of carboxylic acid groups (broad SMARTS) is 1. The molecule has 0 heterocycles. The average Bonchev–Trinajstić information content (AvgIpc) is 2.27. The van der Waals surface area contributed by atoms with Gasteiger partial charge in [-0.3, -0.25) is 9.69 Å². The zero-order valence-corrected chi connectivity index (χ0v) is 10.6. The number of alkyl halides is 3. The van der Waals surface area contributed by atoms with Crippen molar-refractivity contribution in [2.75, 3.05) is 13.1 Å². The summed E-state index contributed by atoms with van der Waals surface area (Å²) in [6.07, 6.45) is -3.63. The predicted molar refractivity (Wildman–Crippen MR) is 64.6 cm³/mol. The second-order valence-electron chi connectivity index (χ2n) is 4.30. The van der Waals surface area contributed by atoms with Crippen LogP contribution in [0.3, 0.4) is 0 Å². The number of nitrogens with zero attached hydrogens (tertiary/aromatic N) is 1. The van der Waals surface area contributed by atoms with E-state index in [1.807, 2.05) is 6.92 Å². The third kappa shape index (κ3) is 5.30. The molecule has 0 spiro atoms. The second-order valence-corrected chi connectivity index (χ2v) is 4.30. The van der Waals surface area contributed by atoms with Gasteiger partial charge in [0.25, 0.3) is 0 Å². The van der Waals surface area contributed by atoms with Gasteiger partial charge in [0, 0.05) is 6.54 Å². The van der Waals surface area contributed by atoms with Crippen molar-refractivity contribution in [1.82, 2.24) is 4.90 Å². The Hall–Kier alpha value is -1.56. The van der Waals surface area contributed by atoms with Crippen LogP contribution in [0.25, 0.3) is 0 Å². The topological polar surface area (TPSA) is 40.5 Å². The van der Waals surface area contributed by atoms with E-state index < -0.39 is 17.7 Å². The van der Waals surface area contributed by atoms with Crippen LogP contribution in [-0.2, 0) is 17.5 Å². The molecule has 0 atom stereocenters. The Morgan fingerprint density at radius 3 is 2.58 bits per heavy atom. The molecule has 1 rings (SSSR count). The van der Waals surface area contributed by atoms with Crippen LogP contribution in [0.2, 0.25) is 0 Å². The van der Waals surface area contributed by atoms with Gasteiger partial charge in [-0.05, 0) is 24.6 Å². The van der Waals surface area contributed by atoms with Crippen molar-refractivity contribution >= 4 is 5.97 Å². The van der Waals surface area contributed by atoms with Gasteiger partial charge in [0.05, 0.1) is 12.1 Å². The fourth-order valence-electron chi connectivity index (χ4n) is 1.83. The Labute approximate surface area is 109 Å². The van der Waals surface area contributed by atoms with Crippen molar-refractivity contribution in [2.24, 2.45) is 0 Å². The molecular weight excluding hydrogens is 259 g/mol. The first-order valence-electron chi connectivity index (χ1n) is 5.93. The van der Waals surface area contributed by atoms with Crippen molar-refractivity contribution in [1.29, 1.82) is 0 Å². The summed E-state index contributed by atoms with van der Waals surface area (Å²) >= 11 is 0. The van der Waals surface area contributed by atoms with Gasteiger partial charge in [0.1, 0.15) is 0 Å². The van der Waals surface area contributed by atoms with Gasteiger partial charge in [-0.2, -0.15) is 13.2 Å². The van der Waals surface area contributed by atoms with E-state index in [2.05, 4.69) is 0 Å². The standard InChI is InChI=1S/C13H16F3NO2/c1-2-6-17(9-12(18)19)8-10-4-3-5-11(7-10)13(14,15)16/h3-5,7H,2,6,8-9H2,1H3,(H,18,19). The van der Waals surface area contributed by atoms with Crippen molar-refractivity contribution in [3.05, 3.63) is 35.4 Å². The highest BCUT2D eigenvalue weighted by atomic mass is 19.4. The van der Waals surface area contributed by atoms with Gasteiger partial charge in [-0.1, -0.05) is 25.1 Å². The minimum absolute atomic E-state index is 0.177. The van der Waals surface area contributed by atoms with Crippen LogP contribution in [0.4, 0.5) is 13.2 Å². The van der Waals surface area contributed by atoms with Crippen molar-refractivity contribution in [3.8, 4) is 0 Å². The quantitative estimate of drug-likeness (QED) is 0.867. The molecule has 0 fully saturated rings. The van der Waals surface area contributed by atoms with Gasteiger partial charge in [0.2, 0.25) is 0 Å². The fraction of sp³-hybridized carbons (Fsp3) is 0.462. The third-order valence-electron chi connectivity index (χ3n) is 2.56. The highest BCUT2D eigenvalue weighted by molar-refractivity contribution is 5.69. The maximum Gasteiger partial charge on any atom is 0.416 e. The Morgan fingerprint density at radius 2 is 2.05 bits per heavy atom. The zero-order chi connectivity index (χ0) is 14.5. The lowest BCUT2D eigenvalue weighted by molar-refractivity contribution is -0.139. The molecule has 0 saturated heterocycles. The van der Waals surface area contributed by atoms with Crippen LogP contribution in [0.5, 0.6) is 0 Å². The van der Waals surface area contributed by atoms with Gasteiger partial charge >= 0.3 is 12.1 Å². The Kier molecular flexibility index (Phi) is 5.35. The van der Waals surface area contributed by atoms with E-state index in [0.717, 1.165) is 18.6 Å². The minimum atomic E-state index is -4.38. The number of carbonyl (C=O) groups is 1. The van der Waals surface area contributed by atoms with Crippen LogP contribution in [0, 0.1) is 0 Å². The molecule has 106 valence electrons. The van der Waals surface area contributed by atoms with E-state index in [1.165, 1.54) is 6.07 Å². The molecule has 0 unspecified atom stereocenters. The predicted octanol–water partition coefficient (Wildman–Crippen LogP) is 3.00. The molecule has 1 N–H and O–H groups in total. The molecule has 0 bridgehead atoms. The summed E-state index contributed by atoms with van der Waals surface area (Å²) in [5.74, 6) is -0.986. The molecule has 1 aromatic rings. The second kappa shape index (κ2) is 6.56. The molecule has 0 radical (unpaired) electrons. The normalized spacial score (nSPS) is 11.8. The van der Waals surface area contributed by atoms with Gasteiger partial charge in [-0.15, -0.1) is 0 Å². The molecule has 0 aliphatic carbocycles. The molecule has 1 aromatic carbocycles. The van der Waals surface area contributed by atoms with Crippen LogP contribution in [0.15, 0.2) is 24.3 Å². The summed E-state index contributed by atoms with van der Waals surface area (Å²) in [6.45, 7) is 2.44. The summed E-state index contributed by atoms with van der Waals surface area (Å²) in [7, 11) is 0. The lowest BCUT2D eigenvalue weighted by atomic mass is 10.1. The molecular formula is C13H16F3NO2. The molecule has 0 amide bonds. The maximum atomic E-state index is 12.6. The molecule has 0 aliphatic heterocycles. The summed E-state index contributed by atoms with van der Waals surface area (Å²) in [6, 6.07) is 4.97. The minimum Gasteiger partial charge on any atom is -0.480 e. The summed E-state index contributed by atoms with van der Waals surface area (Å²) in [4.78, 5) is 12.3. The first-order chi connectivity index (χ1) is 8.82. The Balaban J connectivity index is 2.81. The largest absolute Gasteiger partial charge is 0.480 e. The number of benzene rings is 1. The number of aliphatic carboxylic acids is 1. The van der Waals surface area contributed by atoms with Crippen molar-refractivity contribution in [3.63, 3.8) is 0 Å². The van der Waals surface area contributed by atoms with Crippen LogP contribution in [0.1, 0.15) is 24.5 Å². The monoisotopic (exact) mass is 275 g/mol. The van der Waals surface area contributed by atoms with Crippen molar-refractivity contribution < 1.29 is 23.1 Å². The van der Waals surface area contributed by atoms with Crippen LogP contribution in [-0.4, -0.2) is 29.1 Å². The summed E-state index contributed by atoms with van der Waals surface area (Å²) in [5.41, 5.74) is -0.249. The average molecular weight is 275 g/mol. The molecule has 0 saturated carbocycles. The SMILES string of the molecule is CCCN(CC(=O)O)Cc1cccc(C(F)(F)F)c1. The highest BCUT2D eigenvalue weighted by Crippen LogP contribution is 2.29. The molecule has 6 heteroatoms. The molecule has 0 aromatic heterocycles. The van der Waals surface area contributed by atoms with Crippen molar-refractivity contribution in [2.45, 2.75) is 26.1 Å². The van der Waals surface area contributed by atoms with Gasteiger partial charge in [0.15, 0.2) is 0 Å². The maximum absolute atomic E-state index is 12.6. The number of carboxylic acids is 1.